The van der Waals surface area contributed by atoms with E-state index in [0.29, 0.717) is 0 Å². The highest BCUT2D eigenvalue weighted by molar-refractivity contribution is 8.02. The number of carbonyl (C=O) groups excluding carboxylic acids is 1. The number of allylic oxidation sites excluding steroid dienone is 4. The van der Waals surface area contributed by atoms with E-state index in [2.05, 4.69) is 104 Å². The summed E-state index contributed by atoms with van der Waals surface area (Å²) in [7, 11) is 0. The predicted molar refractivity (Wildman–Crippen MR) is 142 cm³/mol. The van der Waals surface area contributed by atoms with Gasteiger partial charge >= 0.3 is 0 Å². The maximum absolute atomic E-state index is 13.4. The molecule has 1 aliphatic heterocycles. The van der Waals surface area contributed by atoms with Crippen molar-refractivity contribution in [3.05, 3.63) is 86.9 Å². The first kappa shape index (κ1) is 22.2. The highest BCUT2D eigenvalue weighted by Crippen LogP contribution is 2.49. The third kappa shape index (κ3) is 3.32. The second-order valence-electron chi connectivity index (χ2n) is 8.90. The Morgan fingerprint density at radius 1 is 1.06 bits per heavy atom. The van der Waals surface area contributed by atoms with Crippen molar-refractivity contribution in [2.45, 2.75) is 39.7 Å². The molecular formula is C28H29N2OS2+. The number of aryl methyl sites for hydroxylation is 1. The van der Waals surface area contributed by atoms with Crippen molar-refractivity contribution in [2.24, 2.45) is 0 Å². The molecule has 3 aromatic rings. The number of anilines is 1. The van der Waals surface area contributed by atoms with Gasteiger partial charge in [-0.3, -0.25) is 4.79 Å². The molecule has 0 N–H and O–H groups in total. The van der Waals surface area contributed by atoms with E-state index >= 15 is 0 Å². The topological polar surface area (TPSA) is 24.2 Å². The van der Waals surface area contributed by atoms with E-state index in [1.165, 1.54) is 27.2 Å². The number of para-hydroxylation sites is 2. The van der Waals surface area contributed by atoms with E-state index in [-0.39, 0.29) is 11.2 Å². The number of Topliss-reactive ketones (excluding diaryl/α,β-unsaturated/α-hetero) is 1. The predicted octanol–water partition coefficient (Wildman–Crippen LogP) is 6.49. The maximum Gasteiger partial charge on any atom is 0.263 e. The fourth-order valence-electron chi connectivity index (χ4n) is 5.10. The third-order valence-corrected chi connectivity index (χ3v) is 8.76. The number of rotatable bonds is 5. The normalized spacial score (nSPS) is 19.7. The molecule has 0 saturated carbocycles. The Labute approximate surface area is 204 Å². The van der Waals surface area contributed by atoms with Crippen molar-refractivity contribution in [2.75, 3.05) is 17.7 Å². The minimum atomic E-state index is -0.139. The van der Waals surface area contributed by atoms with E-state index < -0.39 is 0 Å². The van der Waals surface area contributed by atoms with Gasteiger partial charge < -0.3 is 4.90 Å². The molecule has 168 valence electrons. The minimum Gasteiger partial charge on any atom is -0.344 e. The Bertz CT molecular complexity index is 1370. The Kier molecular flexibility index (Phi) is 5.58. The summed E-state index contributed by atoms with van der Waals surface area (Å²) in [5.74, 6) is 0.148. The van der Waals surface area contributed by atoms with Crippen LogP contribution in [0.2, 0.25) is 0 Å². The second-order valence-corrected chi connectivity index (χ2v) is 10.8. The molecule has 0 radical (unpaired) electrons. The molecule has 5 heteroatoms. The molecule has 2 aromatic carbocycles. The van der Waals surface area contributed by atoms with Gasteiger partial charge in [0.15, 0.2) is 5.78 Å². The second kappa shape index (κ2) is 8.30. The molecule has 0 bridgehead atoms. The number of aromatic nitrogens is 1. The first-order valence-corrected chi connectivity index (χ1v) is 13.5. The lowest BCUT2D eigenvalue weighted by Gasteiger charge is -2.29. The highest BCUT2D eigenvalue weighted by atomic mass is 32.2. The summed E-state index contributed by atoms with van der Waals surface area (Å²) in [6, 6.07) is 17.0. The molecule has 33 heavy (non-hydrogen) atoms. The van der Waals surface area contributed by atoms with Gasteiger partial charge in [0.1, 0.15) is 11.2 Å². The van der Waals surface area contributed by atoms with Gasteiger partial charge in [-0.25, -0.2) is 0 Å². The summed E-state index contributed by atoms with van der Waals surface area (Å²) >= 11 is 3.42. The van der Waals surface area contributed by atoms with E-state index in [4.69, 9.17) is 0 Å². The molecule has 5 rings (SSSR count). The van der Waals surface area contributed by atoms with Crippen molar-refractivity contribution < 1.29 is 9.36 Å². The number of hydrogen-bond donors (Lipinski definition) is 0. The molecular weight excluding hydrogens is 444 g/mol. The largest absolute Gasteiger partial charge is 0.344 e. The molecule has 0 fully saturated rings. The average Bonchev–Trinajstić information content (AvgIpc) is 3.29. The first-order chi connectivity index (χ1) is 15.9. The number of likely N-dealkylation sites (N-methyl/N-ethyl adjacent to an activating group) is 1. The molecule has 1 aliphatic carbocycles. The number of benzene rings is 2. The van der Waals surface area contributed by atoms with Crippen LogP contribution in [0.25, 0.3) is 16.3 Å². The SMILES string of the molecule is CCN1C(=CC2=C(SC)C(=Cc3sc4ccccc4[n+]3CC)C2=O)C(C)(C)c2ccccc21. The maximum atomic E-state index is 13.4. The van der Waals surface area contributed by atoms with Crippen molar-refractivity contribution in [1.29, 1.82) is 0 Å². The lowest BCUT2D eigenvalue weighted by atomic mass is 9.81. The summed E-state index contributed by atoms with van der Waals surface area (Å²) in [6.45, 7) is 10.6. The summed E-state index contributed by atoms with van der Waals surface area (Å²) in [5.41, 5.74) is 6.53. The van der Waals surface area contributed by atoms with Crippen LogP contribution in [0.1, 0.15) is 38.3 Å². The van der Waals surface area contributed by atoms with Crippen LogP contribution in [0.4, 0.5) is 5.69 Å². The van der Waals surface area contributed by atoms with Crippen LogP contribution in [0.3, 0.4) is 0 Å². The molecule has 2 aliphatic rings. The summed E-state index contributed by atoms with van der Waals surface area (Å²) in [5, 5.41) is 1.13. The molecule has 0 saturated heterocycles. The number of nitrogens with zero attached hydrogens (tertiary/aromatic N) is 2. The first-order valence-electron chi connectivity index (χ1n) is 11.5. The molecule has 1 aromatic heterocycles. The number of ketones is 1. The zero-order valence-corrected chi connectivity index (χ0v) is 21.4. The summed E-state index contributed by atoms with van der Waals surface area (Å²) in [6.07, 6.45) is 6.31. The van der Waals surface area contributed by atoms with Gasteiger partial charge in [-0.15, -0.1) is 11.8 Å². The molecule has 0 atom stereocenters. The fraction of sp³-hybridized carbons (Fsp3) is 0.286. The fourth-order valence-corrected chi connectivity index (χ4v) is 7.02. The third-order valence-electron chi connectivity index (χ3n) is 6.80. The van der Waals surface area contributed by atoms with Gasteiger partial charge in [0.25, 0.3) is 5.01 Å². The Balaban J connectivity index is 1.60. The molecule has 0 unspecified atom stereocenters. The summed E-state index contributed by atoms with van der Waals surface area (Å²) in [4.78, 5) is 16.9. The lowest BCUT2D eigenvalue weighted by molar-refractivity contribution is -0.665. The monoisotopic (exact) mass is 473 g/mol. The van der Waals surface area contributed by atoms with E-state index in [9.17, 15) is 4.79 Å². The average molecular weight is 474 g/mol. The van der Waals surface area contributed by atoms with Crippen LogP contribution in [0.15, 0.2) is 76.4 Å². The van der Waals surface area contributed by atoms with Gasteiger partial charge in [0, 0.05) is 51.5 Å². The lowest BCUT2D eigenvalue weighted by Crippen LogP contribution is -2.34. The highest BCUT2D eigenvalue weighted by Gasteiger charge is 2.41. The van der Waals surface area contributed by atoms with Crippen LogP contribution in [-0.4, -0.2) is 18.6 Å². The van der Waals surface area contributed by atoms with Gasteiger partial charge in [0.05, 0.1) is 0 Å². The minimum absolute atomic E-state index is 0.139. The zero-order valence-electron chi connectivity index (χ0n) is 19.8. The number of thiazole rings is 1. The van der Waals surface area contributed by atoms with Crippen molar-refractivity contribution in [1.82, 2.24) is 0 Å². The molecule has 0 spiro atoms. The smallest absolute Gasteiger partial charge is 0.263 e. The van der Waals surface area contributed by atoms with Gasteiger partial charge in [-0.05, 0) is 43.9 Å². The number of carbonyl (C=O) groups is 1. The summed E-state index contributed by atoms with van der Waals surface area (Å²) < 4.78 is 3.54. The number of fused-ring (bicyclic) bond motifs is 2. The Hall–Kier alpha value is -2.63. The quantitative estimate of drug-likeness (QED) is 0.312. The van der Waals surface area contributed by atoms with E-state index in [1.807, 2.05) is 0 Å². The van der Waals surface area contributed by atoms with Gasteiger partial charge in [-0.1, -0.05) is 55.5 Å². The van der Waals surface area contributed by atoms with Crippen LogP contribution in [0, 0.1) is 0 Å². The Morgan fingerprint density at radius 2 is 1.79 bits per heavy atom. The van der Waals surface area contributed by atoms with Crippen LogP contribution in [0.5, 0.6) is 0 Å². The molecule has 0 amide bonds. The van der Waals surface area contributed by atoms with E-state index in [0.717, 1.165) is 34.1 Å². The number of thioether (sulfide) groups is 1. The number of hydrogen-bond acceptors (Lipinski definition) is 4. The van der Waals surface area contributed by atoms with Crippen LogP contribution < -0.4 is 9.47 Å². The van der Waals surface area contributed by atoms with Crippen molar-refractivity contribution >= 4 is 50.9 Å². The standard InChI is InChI=1S/C28H29N2OS2/c1-6-29-21-13-9-8-12-20(21)28(3,4)24(29)16-18-26(31)19(27(18)32-5)17-25-30(7-2)22-14-10-11-15-23(22)33-25/h8-17H,6-7H2,1-5H3/q+1. The molecule has 3 nitrogen and oxygen atoms in total. The van der Waals surface area contributed by atoms with E-state index in [1.54, 1.807) is 23.1 Å². The van der Waals surface area contributed by atoms with Crippen molar-refractivity contribution in [3.8, 4) is 0 Å². The molecule has 2 heterocycles. The van der Waals surface area contributed by atoms with Gasteiger partial charge in [0.2, 0.25) is 5.52 Å². The zero-order chi connectivity index (χ0) is 23.3. The van der Waals surface area contributed by atoms with Gasteiger partial charge in [-0.2, -0.15) is 4.57 Å². The van der Waals surface area contributed by atoms with Crippen LogP contribution >= 0.6 is 23.1 Å². The van der Waals surface area contributed by atoms with Crippen molar-refractivity contribution in [3.63, 3.8) is 0 Å². The Morgan fingerprint density at radius 3 is 2.52 bits per heavy atom. The van der Waals surface area contributed by atoms with Crippen LogP contribution in [-0.2, 0) is 16.8 Å².